The molecule has 0 fully saturated rings. The van der Waals surface area contributed by atoms with E-state index in [1.165, 1.54) is 6.92 Å². The van der Waals surface area contributed by atoms with Crippen molar-refractivity contribution in [2.24, 2.45) is 0 Å². The Balaban J connectivity index is 3.60. The highest BCUT2D eigenvalue weighted by molar-refractivity contribution is 8.25. The first kappa shape index (κ1) is 10.5. The van der Waals surface area contributed by atoms with Crippen LogP contribution in [0.5, 0.6) is 0 Å². The van der Waals surface area contributed by atoms with E-state index in [-0.39, 0.29) is 11.2 Å². The van der Waals surface area contributed by atoms with Gasteiger partial charge in [-0.2, -0.15) is 0 Å². The summed E-state index contributed by atoms with van der Waals surface area (Å²) >= 11 is 0.598. The predicted molar refractivity (Wildman–Crippen MR) is 44.5 cm³/mol. The molecule has 0 radical (unpaired) electrons. The maximum atomic E-state index is 10.7. The maximum absolute atomic E-state index is 10.7. The molecule has 64 valence electrons. The Hall–Kier alpha value is -0.510. The summed E-state index contributed by atoms with van der Waals surface area (Å²) in [6, 6.07) is 0. The van der Waals surface area contributed by atoms with E-state index < -0.39 is 5.30 Å². The molecule has 4 heteroatoms. The van der Waals surface area contributed by atoms with Crippen LogP contribution in [0.15, 0.2) is 0 Å². The summed E-state index contributed by atoms with van der Waals surface area (Å²) in [5.41, 5.74) is 0. The molecule has 0 aromatic carbocycles. The lowest BCUT2D eigenvalue weighted by atomic mass is 10.3. The minimum Gasteiger partial charge on any atom is -0.454 e. The van der Waals surface area contributed by atoms with Crippen LogP contribution < -0.4 is 0 Å². The smallest absolute Gasteiger partial charge is 0.375 e. The van der Waals surface area contributed by atoms with Gasteiger partial charge in [-0.05, 0) is 13.3 Å². The highest BCUT2D eigenvalue weighted by Gasteiger charge is 2.10. The van der Waals surface area contributed by atoms with E-state index in [0.29, 0.717) is 11.8 Å². The Bertz CT molecular complexity index is 156. The zero-order valence-electron chi connectivity index (χ0n) is 6.92. The molecule has 0 aromatic rings. The lowest BCUT2D eigenvalue weighted by Gasteiger charge is -2.08. The van der Waals surface area contributed by atoms with Gasteiger partial charge in [0.2, 0.25) is 0 Å². The first-order valence-electron chi connectivity index (χ1n) is 3.45. The quantitative estimate of drug-likeness (QED) is 0.605. The molecule has 0 aromatic heterocycles. The van der Waals surface area contributed by atoms with Crippen LogP contribution in [0.3, 0.4) is 0 Å². The number of ether oxygens (including phenoxy) is 1. The molecule has 0 N–H and O–H groups in total. The van der Waals surface area contributed by atoms with Crippen LogP contribution in [0.1, 0.15) is 27.2 Å². The number of hydrogen-bond donors (Lipinski definition) is 0. The third-order valence-electron chi connectivity index (χ3n) is 1.10. The molecule has 0 saturated heterocycles. The zero-order chi connectivity index (χ0) is 8.85. The third kappa shape index (κ3) is 5.91. The minimum atomic E-state index is -0.508. The Morgan fingerprint density at radius 3 is 2.45 bits per heavy atom. The van der Waals surface area contributed by atoms with Crippen LogP contribution >= 0.6 is 11.8 Å². The minimum absolute atomic E-state index is 0.102. The molecule has 0 amide bonds. The Labute approximate surface area is 70.5 Å². The molecule has 0 rings (SSSR count). The van der Waals surface area contributed by atoms with Crippen molar-refractivity contribution < 1.29 is 14.3 Å². The van der Waals surface area contributed by atoms with E-state index in [1.54, 1.807) is 6.92 Å². The van der Waals surface area contributed by atoms with E-state index in [1.807, 2.05) is 6.92 Å². The van der Waals surface area contributed by atoms with Crippen molar-refractivity contribution in [2.45, 2.75) is 33.3 Å². The van der Waals surface area contributed by atoms with Crippen LogP contribution in [-0.2, 0) is 9.53 Å². The summed E-state index contributed by atoms with van der Waals surface area (Å²) in [7, 11) is 0. The molecule has 0 aliphatic carbocycles. The van der Waals surface area contributed by atoms with Gasteiger partial charge in [-0.3, -0.25) is 4.79 Å². The molecule has 0 aliphatic rings. The standard InChI is InChI=1S/C7H12O3S/c1-4-5(2)10-7(9)11-6(3)8/h5H,4H2,1-3H3. The van der Waals surface area contributed by atoms with Crippen LogP contribution in [0, 0.1) is 0 Å². The second-order valence-electron chi connectivity index (χ2n) is 2.18. The molecular weight excluding hydrogens is 164 g/mol. The van der Waals surface area contributed by atoms with Crippen molar-refractivity contribution in [1.82, 2.24) is 0 Å². The fourth-order valence-electron chi connectivity index (χ4n) is 0.389. The van der Waals surface area contributed by atoms with Gasteiger partial charge in [-0.15, -0.1) is 0 Å². The Kier molecular flexibility index (Phi) is 4.94. The van der Waals surface area contributed by atoms with Crippen LogP contribution in [0.4, 0.5) is 4.79 Å². The van der Waals surface area contributed by atoms with Gasteiger partial charge in [0.1, 0.15) is 0 Å². The molecule has 0 aliphatic heterocycles. The largest absolute Gasteiger partial charge is 0.454 e. The molecule has 0 spiro atoms. The molecule has 11 heavy (non-hydrogen) atoms. The Morgan fingerprint density at radius 1 is 1.55 bits per heavy atom. The van der Waals surface area contributed by atoms with Crippen molar-refractivity contribution in [2.75, 3.05) is 0 Å². The molecular formula is C7H12O3S. The van der Waals surface area contributed by atoms with E-state index >= 15 is 0 Å². The average molecular weight is 176 g/mol. The van der Waals surface area contributed by atoms with Gasteiger partial charge >= 0.3 is 5.30 Å². The normalized spacial score (nSPS) is 12.3. The molecule has 3 nitrogen and oxygen atoms in total. The number of rotatable bonds is 2. The summed E-state index contributed by atoms with van der Waals surface area (Å²) in [5.74, 6) is 0. The number of hydrogen-bond acceptors (Lipinski definition) is 4. The second kappa shape index (κ2) is 5.18. The van der Waals surface area contributed by atoms with Gasteiger partial charge in [0.15, 0.2) is 5.12 Å². The SMILES string of the molecule is CCC(C)OC(=O)SC(C)=O. The summed E-state index contributed by atoms with van der Waals surface area (Å²) in [4.78, 5) is 21.1. The van der Waals surface area contributed by atoms with Crippen molar-refractivity contribution in [3.63, 3.8) is 0 Å². The summed E-state index contributed by atoms with van der Waals surface area (Å²) in [5, 5.41) is -0.745. The second-order valence-corrected chi connectivity index (χ2v) is 3.29. The van der Waals surface area contributed by atoms with Crippen molar-refractivity contribution in [1.29, 1.82) is 0 Å². The molecule has 0 saturated carbocycles. The fourth-order valence-corrected chi connectivity index (χ4v) is 0.836. The predicted octanol–water partition coefficient (Wildman–Crippen LogP) is 2.20. The zero-order valence-corrected chi connectivity index (χ0v) is 7.73. The van der Waals surface area contributed by atoms with Gasteiger partial charge in [0, 0.05) is 18.7 Å². The first-order chi connectivity index (χ1) is 5.06. The van der Waals surface area contributed by atoms with Crippen molar-refractivity contribution in [3.05, 3.63) is 0 Å². The average Bonchev–Trinajstić information content (AvgIpc) is 1.85. The Morgan fingerprint density at radius 2 is 2.09 bits per heavy atom. The lowest BCUT2D eigenvalue weighted by molar-refractivity contribution is -0.109. The third-order valence-corrected chi connectivity index (χ3v) is 1.65. The van der Waals surface area contributed by atoms with Crippen LogP contribution in [0.2, 0.25) is 0 Å². The molecule has 0 heterocycles. The van der Waals surface area contributed by atoms with E-state index in [0.717, 1.165) is 6.42 Å². The first-order valence-corrected chi connectivity index (χ1v) is 4.27. The summed E-state index contributed by atoms with van der Waals surface area (Å²) in [6.07, 6.45) is 0.666. The monoisotopic (exact) mass is 176 g/mol. The van der Waals surface area contributed by atoms with Crippen LogP contribution in [-0.4, -0.2) is 16.5 Å². The molecule has 1 unspecified atom stereocenters. The van der Waals surface area contributed by atoms with E-state index in [4.69, 9.17) is 4.74 Å². The van der Waals surface area contributed by atoms with Gasteiger partial charge < -0.3 is 4.74 Å². The van der Waals surface area contributed by atoms with Crippen molar-refractivity contribution in [3.8, 4) is 0 Å². The topological polar surface area (TPSA) is 43.4 Å². The van der Waals surface area contributed by atoms with Crippen LogP contribution in [0.25, 0.3) is 0 Å². The number of thioether (sulfide) groups is 1. The number of carbonyl (C=O) groups excluding carboxylic acids is 2. The van der Waals surface area contributed by atoms with E-state index in [2.05, 4.69) is 0 Å². The fraction of sp³-hybridized carbons (Fsp3) is 0.714. The maximum Gasteiger partial charge on any atom is 0.375 e. The van der Waals surface area contributed by atoms with Gasteiger partial charge in [-0.1, -0.05) is 6.92 Å². The molecule has 0 bridgehead atoms. The summed E-state index contributed by atoms with van der Waals surface area (Å²) in [6.45, 7) is 5.04. The number of carbonyl (C=O) groups is 2. The molecule has 1 atom stereocenters. The lowest BCUT2D eigenvalue weighted by Crippen LogP contribution is -2.10. The van der Waals surface area contributed by atoms with E-state index in [9.17, 15) is 9.59 Å². The summed E-state index contributed by atoms with van der Waals surface area (Å²) < 4.78 is 4.81. The van der Waals surface area contributed by atoms with Gasteiger partial charge in [0.05, 0.1) is 6.10 Å². The van der Waals surface area contributed by atoms with Crippen molar-refractivity contribution >= 4 is 22.2 Å². The highest BCUT2D eigenvalue weighted by Crippen LogP contribution is 2.09. The van der Waals surface area contributed by atoms with Gasteiger partial charge in [0.25, 0.3) is 0 Å². The highest BCUT2D eigenvalue weighted by atomic mass is 32.2. The van der Waals surface area contributed by atoms with Gasteiger partial charge in [-0.25, -0.2) is 4.79 Å².